The van der Waals surface area contributed by atoms with Gasteiger partial charge in [-0.2, -0.15) is 0 Å². The molecule has 0 fully saturated rings. The molecule has 0 aliphatic carbocycles. The Kier molecular flexibility index (Phi) is 45.3. The molecule has 3 atom stereocenters. The lowest BCUT2D eigenvalue weighted by Crippen LogP contribution is -2.43. The first-order chi connectivity index (χ1) is 32.1. The van der Waals surface area contributed by atoms with E-state index < -0.39 is 57.6 Å². The van der Waals surface area contributed by atoms with Gasteiger partial charge in [0.2, 0.25) is 5.91 Å². The first-order valence-corrected chi connectivity index (χ1v) is 26.8. The highest BCUT2D eigenvalue weighted by Gasteiger charge is 2.28. The molecular weight excluding hydrogens is 854 g/mol. The zero-order valence-electron chi connectivity index (χ0n) is 41.0. The van der Waals surface area contributed by atoms with E-state index in [0.717, 1.165) is 77.0 Å². The average molecular weight is 944 g/mol. The number of phosphoric acid groups is 1. The van der Waals surface area contributed by atoms with Gasteiger partial charge in [-0.05, 0) is 89.9 Å². The summed E-state index contributed by atoms with van der Waals surface area (Å²) in [7, 11) is -4.78. The zero-order valence-corrected chi connectivity index (χ0v) is 41.9. The van der Waals surface area contributed by atoms with Gasteiger partial charge >= 0.3 is 19.8 Å². The molecule has 1 amide bonds. The zero-order chi connectivity index (χ0) is 48.4. The van der Waals surface area contributed by atoms with Gasteiger partial charge in [-0.3, -0.25) is 18.6 Å². The van der Waals surface area contributed by atoms with Gasteiger partial charge in [-0.25, -0.2) is 9.36 Å². The van der Waals surface area contributed by atoms with Crippen LogP contribution in [-0.4, -0.2) is 64.9 Å². The van der Waals surface area contributed by atoms with E-state index in [4.69, 9.17) is 13.8 Å². The molecule has 0 aliphatic rings. The quantitative estimate of drug-likeness (QED) is 0.0199. The number of carbonyl (C=O) groups excluding carboxylic acids is 2. The number of hydrogen-bond donors (Lipinski definition) is 4. The molecule has 0 aromatic carbocycles. The lowest BCUT2D eigenvalue weighted by atomic mass is 10.1. The summed E-state index contributed by atoms with van der Waals surface area (Å²) >= 11 is 0. The molecule has 0 aromatic heterocycles. The summed E-state index contributed by atoms with van der Waals surface area (Å²) in [6, 6.07) is -1.56. The van der Waals surface area contributed by atoms with Crippen molar-refractivity contribution in [1.29, 1.82) is 0 Å². The van der Waals surface area contributed by atoms with E-state index in [2.05, 4.69) is 104 Å². The number of hydrogen-bond acceptors (Lipinski definition) is 8. The van der Waals surface area contributed by atoms with Gasteiger partial charge in [0.25, 0.3) is 0 Å². The number of rotatable bonds is 46. The summed E-state index contributed by atoms with van der Waals surface area (Å²) in [5, 5.41) is 21.9. The molecule has 0 rings (SSSR count). The molecular formula is C54H90NO10P. The van der Waals surface area contributed by atoms with Crippen molar-refractivity contribution in [3.63, 3.8) is 0 Å². The lowest BCUT2D eigenvalue weighted by Gasteiger charge is -2.18. The highest BCUT2D eigenvalue weighted by molar-refractivity contribution is 7.47. The van der Waals surface area contributed by atoms with Crippen LogP contribution in [0.3, 0.4) is 0 Å². The third-order valence-corrected chi connectivity index (χ3v) is 11.3. The van der Waals surface area contributed by atoms with Gasteiger partial charge < -0.3 is 25.2 Å². The third kappa shape index (κ3) is 46.9. The number of aliphatic hydroxyl groups excluding tert-OH is 1. The fourth-order valence-corrected chi connectivity index (χ4v) is 7.25. The Morgan fingerprint density at radius 2 is 0.894 bits per heavy atom. The van der Waals surface area contributed by atoms with Crippen molar-refractivity contribution < 1.29 is 47.8 Å². The molecule has 66 heavy (non-hydrogen) atoms. The molecule has 0 aliphatic heterocycles. The van der Waals surface area contributed by atoms with Gasteiger partial charge in [0.15, 0.2) is 6.04 Å². The second kappa shape index (κ2) is 47.9. The number of aliphatic hydroxyl groups is 1. The Balaban J connectivity index is 3.95. The van der Waals surface area contributed by atoms with Crippen LogP contribution in [0.4, 0.5) is 0 Å². The van der Waals surface area contributed by atoms with E-state index in [0.29, 0.717) is 19.3 Å². The molecule has 11 nitrogen and oxygen atoms in total. The Bertz CT molecular complexity index is 1480. The van der Waals surface area contributed by atoms with Crippen molar-refractivity contribution in [2.24, 2.45) is 0 Å². The van der Waals surface area contributed by atoms with Crippen molar-refractivity contribution in [2.75, 3.05) is 19.8 Å². The molecule has 0 saturated heterocycles. The summed E-state index contributed by atoms with van der Waals surface area (Å²) in [5.41, 5.74) is 0. The Morgan fingerprint density at radius 3 is 1.36 bits per heavy atom. The van der Waals surface area contributed by atoms with Gasteiger partial charge in [-0.1, -0.05) is 188 Å². The lowest BCUT2D eigenvalue weighted by molar-refractivity contribution is -0.147. The normalized spacial score (nSPS) is 14.4. The second-order valence-corrected chi connectivity index (χ2v) is 18.1. The predicted molar refractivity (Wildman–Crippen MR) is 272 cm³/mol. The number of carboxylic acids is 1. The van der Waals surface area contributed by atoms with E-state index in [9.17, 15) is 34.1 Å². The van der Waals surface area contributed by atoms with Crippen LogP contribution < -0.4 is 5.32 Å². The van der Waals surface area contributed by atoms with Crippen molar-refractivity contribution in [3.05, 3.63) is 97.2 Å². The van der Waals surface area contributed by atoms with Gasteiger partial charge in [0.1, 0.15) is 12.7 Å². The number of esters is 1. The number of carboxylic acid groups (broad SMARTS) is 1. The standard InChI is InChI=1S/C54H90NO10P/c1-3-5-7-9-11-13-15-17-19-21-23-24-25-26-28-30-32-34-36-38-40-42-44-46-53(58)63-47-50(56)48-64-66(61,62)65-49-51(54(59)60)55-52(57)45-43-41-39-37-35-33-31-29-27-22-20-18-16-14-12-10-8-6-4-2/h5,7,11,13,17-20,23-24,26,28,32,34,38,40,50-51,56H,3-4,6,8-10,12,14-16,21-22,25,27,29-31,33,35-37,39,41-49H2,1-2H3,(H,55,57)(H,59,60)(H,61,62)/b7-5-,13-11-,19-17-,20-18+,24-23-,28-26-,34-32-,40-38-. The number of aliphatic carboxylic acids is 1. The number of phosphoric ester groups is 1. The van der Waals surface area contributed by atoms with Crippen molar-refractivity contribution >= 4 is 25.7 Å². The van der Waals surface area contributed by atoms with E-state index >= 15 is 0 Å². The highest BCUT2D eigenvalue weighted by atomic mass is 31.2. The van der Waals surface area contributed by atoms with Crippen molar-refractivity contribution in [2.45, 2.75) is 206 Å². The predicted octanol–water partition coefficient (Wildman–Crippen LogP) is 14.0. The fourth-order valence-electron chi connectivity index (χ4n) is 6.48. The van der Waals surface area contributed by atoms with E-state index in [1.807, 2.05) is 12.2 Å². The summed E-state index contributed by atoms with van der Waals surface area (Å²) in [6.07, 6.45) is 61.5. The van der Waals surface area contributed by atoms with Crippen LogP contribution in [0.2, 0.25) is 0 Å². The first-order valence-electron chi connectivity index (χ1n) is 25.3. The Hall–Kier alpha value is -3.60. The van der Waals surface area contributed by atoms with E-state index in [1.165, 1.54) is 70.6 Å². The summed E-state index contributed by atoms with van der Waals surface area (Å²) < 4.78 is 26.9. The molecule has 12 heteroatoms. The Labute approximate surface area is 400 Å². The number of ether oxygens (including phenoxy) is 1. The molecule has 4 N–H and O–H groups in total. The van der Waals surface area contributed by atoms with Crippen LogP contribution in [-0.2, 0) is 32.7 Å². The monoisotopic (exact) mass is 944 g/mol. The molecule has 0 saturated carbocycles. The van der Waals surface area contributed by atoms with Crippen LogP contribution in [0.5, 0.6) is 0 Å². The molecule has 0 heterocycles. The van der Waals surface area contributed by atoms with Crippen LogP contribution in [0.15, 0.2) is 97.2 Å². The van der Waals surface area contributed by atoms with Crippen LogP contribution in [0.25, 0.3) is 0 Å². The molecule has 0 spiro atoms. The SMILES string of the molecule is CC/C=C\C/C=C\C/C=C\C/C=C\C/C=C\C/C=C\C/C=C\CCCC(=O)OCC(O)COP(=O)(O)OCC(NC(=O)CCCCCCCCCCC/C=C/CCCCCCCC)C(=O)O. The maximum absolute atomic E-state index is 12.4. The van der Waals surface area contributed by atoms with E-state index in [-0.39, 0.29) is 12.8 Å². The van der Waals surface area contributed by atoms with E-state index in [1.54, 1.807) is 0 Å². The maximum Gasteiger partial charge on any atom is 0.472 e. The van der Waals surface area contributed by atoms with Crippen LogP contribution in [0.1, 0.15) is 194 Å². The minimum atomic E-state index is -4.78. The number of nitrogens with one attached hydrogen (secondary N) is 1. The number of allylic oxidation sites excluding steroid dienone is 16. The van der Waals surface area contributed by atoms with Crippen molar-refractivity contribution in [1.82, 2.24) is 5.32 Å². The van der Waals surface area contributed by atoms with Crippen LogP contribution >= 0.6 is 7.82 Å². The third-order valence-electron chi connectivity index (χ3n) is 10.4. The first kappa shape index (κ1) is 62.4. The number of carbonyl (C=O) groups is 3. The molecule has 0 aromatic rings. The Morgan fingerprint density at radius 1 is 0.500 bits per heavy atom. The number of amides is 1. The summed E-state index contributed by atoms with van der Waals surface area (Å²) in [4.78, 5) is 46.1. The molecule has 0 radical (unpaired) electrons. The minimum absolute atomic E-state index is 0.135. The van der Waals surface area contributed by atoms with Crippen LogP contribution in [0, 0.1) is 0 Å². The molecule has 0 bridgehead atoms. The summed E-state index contributed by atoms with van der Waals surface area (Å²) in [6.45, 7) is 2.42. The largest absolute Gasteiger partial charge is 0.480 e. The second-order valence-electron chi connectivity index (χ2n) is 16.6. The molecule has 376 valence electrons. The summed E-state index contributed by atoms with van der Waals surface area (Å²) in [5.74, 6) is -2.45. The number of unbranched alkanes of at least 4 members (excludes halogenated alkanes) is 16. The topological polar surface area (TPSA) is 169 Å². The fraction of sp³-hybridized carbons (Fsp3) is 0.648. The van der Waals surface area contributed by atoms with Crippen molar-refractivity contribution in [3.8, 4) is 0 Å². The molecule has 3 unspecified atom stereocenters. The smallest absolute Gasteiger partial charge is 0.472 e. The minimum Gasteiger partial charge on any atom is -0.480 e. The van der Waals surface area contributed by atoms with Gasteiger partial charge in [0, 0.05) is 12.8 Å². The average Bonchev–Trinajstić information content (AvgIpc) is 3.29. The van der Waals surface area contributed by atoms with Gasteiger partial charge in [-0.15, -0.1) is 0 Å². The maximum atomic E-state index is 12.4. The highest BCUT2D eigenvalue weighted by Crippen LogP contribution is 2.43. The van der Waals surface area contributed by atoms with Gasteiger partial charge in [0.05, 0.1) is 13.2 Å².